The number of nitrogen functional groups attached to an aromatic ring is 1. The molecule has 1 aliphatic heterocycles. The van der Waals surface area contributed by atoms with Crippen LogP contribution in [0.3, 0.4) is 0 Å². The summed E-state index contributed by atoms with van der Waals surface area (Å²) in [4.78, 5) is 23.6. The van der Waals surface area contributed by atoms with Gasteiger partial charge in [-0.05, 0) is 53.5 Å². The van der Waals surface area contributed by atoms with Crippen LogP contribution in [0.25, 0.3) is 10.9 Å². The van der Waals surface area contributed by atoms with E-state index in [1.807, 2.05) is 19.9 Å². The van der Waals surface area contributed by atoms with Gasteiger partial charge in [-0.1, -0.05) is 0 Å². The molecule has 0 fully saturated rings. The van der Waals surface area contributed by atoms with Crippen LogP contribution in [0, 0.1) is 0 Å². The molecule has 0 atom stereocenters. The van der Waals surface area contributed by atoms with Crippen LogP contribution in [0.2, 0.25) is 0 Å². The molecular weight excluding hydrogens is 424 g/mol. The largest absolute Gasteiger partial charge is 0.383 e. The first-order chi connectivity index (χ1) is 13.4. The lowest BCUT2D eigenvalue weighted by atomic mass is 10.1. The van der Waals surface area contributed by atoms with Crippen LogP contribution in [0.15, 0.2) is 29.0 Å². The van der Waals surface area contributed by atoms with Crippen molar-refractivity contribution >= 4 is 38.6 Å². The van der Waals surface area contributed by atoms with Crippen LogP contribution in [0.1, 0.15) is 41.2 Å². The SMILES string of the molecule is CC(C)N(Cc1ccc(Br)nn1)C(=O)c1cc2c3c(c(N)nc2cn1)COC3. The van der Waals surface area contributed by atoms with Gasteiger partial charge in [-0.3, -0.25) is 4.79 Å². The first-order valence-corrected chi connectivity index (χ1v) is 9.67. The Bertz CT molecular complexity index is 1050. The van der Waals surface area contributed by atoms with Crippen molar-refractivity contribution in [3.63, 3.8) is 0 Å². The molecule has 0 radical (unpaired) electrons. The molecule has 1 aliphatic rings. The molecule has 0 saturated heterocycles. The molecule has 4 rings (SSSR count). The van der Waals surface area contributed by atoms with E-state index < -0.39 is 0 Å². The van der Waals surface area contributed by atoms with E-state index in [0.717, 1.165) is 16.5 Å². The Hall–Kier alpha value is -2.65. The molecular formula is C19H19BrN6O2. The van der Waals surface area contributed by atoms with E-state index in [2.05, 4.69) is 36.1 Å². The van der Waals surface area contributed by atoms with Gasteiger partial charge in [0.2, 0.25) is 0 Å². The number of carbonyl (C=O) groups is 1. The Labute approximate surface area is 170 Å². The lowest BCUT2D eigenvalue weighted by molar-refractivity contribution is 0.0681. The molecule has 144 valence electrons. The summed E-state index contributed by atoms with van der Waals surface area (Å²) < 4.78 is 6.17. The maximum Gasteiger partial charge on any atom is 0.273 e. The van der Waals surface area contributed by atoms with Crippen molar-refractivity contribution < 1.29 is 9.53 Å². The number of pyridine rings is 2. The maximum atomic E-state index is 13.2. The minimum absolute atomic E-state index is 0.0333. The number of anilines is 1. The minimum Gasteiger partial charge on any atom is -0.383 e. The summed E-state index contributed by atoms with van der Waals surface area (Å²) in [5, 5.41) is 8.98. The van der Waals surface area contributed by atoms with Crippen LogP contribution < -0.4 is 5.73 Å². The molecule has 0 aromatic carbocycles. The van der Waals surface area contributed by atoms with E-state index in [0.29, 0.717) is 47.1 Å². The van der Waals surface area contributed by atoms with Gasteiger partial charge in [-0.15, -0.1) is 5.10 Å². The highest BCUT2D eigenvalue weighted by atomic mass is 79.9. The van der Waals surface area contributed by atoms with Gasteiger partial charge in [0, 0.05) is 17.0 Å². The summed E-state index contributed by atoms with van der Waals surface area (Å²) in [6, 6.07) is 5.39. The Morgan fingerprint density at radius 3 is 2.79 bits per heavy atom. The minimum atomic E-state index is -0.175. The number of rotatable bonds is 4. The number of nitrogens with two attached hydrogens (primary N) is 1. The molecule has 0 spiro atoms. The number of halogens is 1. The maximum absolute atomic E-state index is 13.2. The lowest BCUT2D eigenvalue weighted by Crippen LogP contribution is -2.37. The Morgan fingerprint density at radius 1 is 1.29 bits per heavy atom. The van der Waals surface area contributed by atoms with Crippen LogP contribution in [0.5, 0.6) is 0 Å². The molecule has 0 saturated carbocycles. The average Bonchev–Trinajstić information content (AvgIpc) is 3.17. The molecule has 4 heterocycles. The quantitative estimate of drug-likeness (QED) is 0.661. The number of aromatic nitrogens is 4. The first-order valence-electron chi connectivity index (χ1n) is 8.88. The Kier molecular flexibility index (Phi) is 4.94. The molecule has 3 aromatic heterocycles. The molecule has 8 nitrogen and oxygen atoms in total. The third kappa shape index (κ3) is 3.43. The van der Waals surface area contributed by atoms with E-state index in [9.17, 15) is 4.79 Å². The molecule has 1 amide bonds. The van der Waals surface area contributed by atoms with Crippen LogP contribution in [0.4, 0.5) is 5.82 Å². The molecule has 0 bridgehead atoms. The van der Waals surface area contributed by atoms with Crippen molar-refractivity contribution in [3.8, 4) is 0 Å². The molecule has 9 heteroatoms. The summed E-state index contributed by atoms with van der Waals surface area (Å²) in [6.45, 7) is 5.16. The second kappa shape index (κ2) is 7.40. The Morgan fingerprint density at radius 2 is 2.07 bits per heavy atom. The number of fused-ring (bicyclic) bond motifs is 3. The fourth-order valence-electron chi connectivity index (χ4n) is 3.23. The van der Waals surface area contributed by atoms with Gasteiger partial charge in [0.05, 0.1) is 37.2 Å². The zero-order chi connectivity index (χ0) is 19.8. The number of amides is 1. The van der Waals surface area contributed by atoms with Crippen LogP contribution in [-0.2, 0) is 24.5 Å². The smallest absolute Gasteiger partial charge is 0.273 e. The summed E-state index contributed by atoms with van der Waals surface area (Å²) in [6.07, 6.45) is 1.59. The molecule has 3 aromatic rings. The fourth-order valence-corrected chi connectivity index (χ4v) is 3.44. The van der Waals surface area contributed by atoms with Crippen molar-refractivity contribution in [1.29, 1.82) is 0 Å². The number of carbonyl (C=O) groups excluding carboxylic acids is 1. The summed E-state index contributed by atoms with van der Waals surface area (Å²) in [7, 11) is 0. The number of ether oxygens (including phenoxy) is 1. The van der Waals surface area contributed by atoms with Crippen molar-refractivity contribution in [1.82, 2.24) is 25.1 Å². The first kappa shape index (κ1) is 18.7. The molecule has 0 aliphatic carbocycles. The standard InChI is InChI=1S/C19H19BrN6O2/c1-10(2)26(7-11-3-4-17(20)25-24-11)19(27)15-5-12-13-8-28-9-14(13)18(21)23-16(12)6-22-15/h3-6,10H,7-9H2,1-2H3,(H2,21,23). The molecule has 28 heavy (non-hydrogen) atoms. The third-order valence-corrected chi connectivity index (χ3v) is 5.16. The molecule has 2 N–H and O–H groups in total. The van der Waals surface area contributed by atoms with Crippen molar-refractivity contribution in [3.05, 3.63) is 51.5 Å². The summed E-state index contributed by atoms with van der Waals surface area (Å²) >= 11 is 3.27. The summed E-state index contributed by atoms with van der Waals surface area (Å²) in [5.41, 5.74) is 9.60. The lowest BCUT2D eigenvalue weighted by Gasteiger charge is -2.26. The fraction of sp³-hybridized carbons (Fsp3) is 0.316. The highest BCUT2D eigenvalue weighted by Gasteiger charge is 2.24. The van der Waals surface area contributed by atoms with Crippen LogP contribution in [-0.4, -0.2) is 37.0 Å². The van der Waals surface area contributed by atoms with Crippen LogP contribution >= 0.6 is 15.9 Å². The van der Waals surface area contributed by atoms with E-state index in [4.69, 9.17) is 10.5 Å². The van der Waals surface area contributed by atoms with Gasteiger partial charge in [0.15, 0.2) is 0 Å². The second-order valence-electron chi connectivity index (χ2n) is 6.91. The zero-order valence-corrected chi connectivity index (χ0v) is 17.1. The van der Waals surface area contributed by atoms with E-state index in [1.54, 1.807) is 23.2 Å². The number of hydrogen-bond donors (Lipinski definition) is 1. The predicted molar refractivity (Wildman–Crippen MR) is 107 cm³/mol. The van der Waals surface area contributed by atoms with Gasteiger partial charge in [0.1, 0.15) is 16.1 Å². The highest BCUT2D eigenvalue weighted by molar-refractivity contribution is 9.10. The van der Waals surface area contributed by atoms with Gasteiger partial charge in [-0.25, -0.2) is 9.97 Å². The topological polar surface area (TPSA) is 107 Å². The van der Waals surface area contributed by atoms with Crippen molar-refractivity contribution in [2.75, 3.05) is 5.73 Å². The van der Waals surface area contributed by atoms with Gasteiger partial charge >= 0.3 is 0 Å². The monoisotopic (exact) mass is 442 g/mol. The van der Waals surface area contributed by atoms with Gasteiger partial charge < -0.3 is 15.4 Å². The summed E-state index contributed by atoms with van der Waals surface area (Å²) in [5.74, 6) is 0.282. The van der Waals surface area contributed by atoms with Gasteiger partial charge in [-0.2, -0.15) is 5.10 Å². The van der Waals surface area contributed by atoms with Gasteiger partial charge in [0.25, 0.3) is 5.91 Å². The number of hydrogen-bond acceptors (Lipinski definition) is 7. The zero-order valence-electron chi connectivity index (χ0n) is 15.5. The average molecular weight is 443 g/mol. The normalized spacial score (nSPS) is 13.1. The second-order valence-corrected chi connectivity index (χ2v) is 7.72. The van der Waals surface area contributed by atoms with E-state index >= 15 is 0 Å². The van der Waals surface area contributed by atoms with E-state index in [1.165, 1.54) is 0 Å². The predicted octanol–water partition coefficient (Wildman–Crippen LogP) is 2.85. The van der Waals surface area contributed by atoms with Crippen molar-refractivity contribution in [2.45, 2.75) is 39.6 Å². The number of nitrogens with zero attached hydrogens (tertiary/aromatic N) is 5. The third-order valence-electron chi connectivity index (χ3n) is 4.74. The highest BCUT2D eigenvalue weighted by Crippen LogP contribution is 2.31. The van der Waals surface area contributed by atoms with Crippen molar-refractivity contribution in [2.24, 2.45) is 0 Å². The molecule has 0 unspecified atom stereocenters. The van der Waals surface area contributed by atoms with E-state index in [-0.39, 0.29) is 11.9 Å². The Balaban J connectivity index is 1.70.